The fourth-order valence-electron chi connectivity index (χ4n) is 1.27. The maximum Gasteiger partial charge on any atom is 0.426 e. The predicted molar refractivity (Wildman–Crippen MR) is 64.8 cm³/mol. The summed E-state index contributed by atoms with van der Waals surface area (Å²) in [5, 5.41) is 0. The molecule has 6 heteroatoms. The van der Waals surface area contributed by atoms with Crippen molar-refractivity contribution in [1.29, 1.82) is 0 Å². The molecule has 0 heterocycles. The third-order valence-corrected chi connectivity index (χ3v) is 2.08. The summed E-state index contributed by atoms with van der Waals surface area (Å²) in [6.45, 7) is 2.41. The Kier molecular flexibility index (Phi) is 5.66. The monoisotopic (exact) mass is 252 g/mol. The number of nitrogens with one attached hydrogen (secondary N) is 2. The van der Waals surface area contributed by atoms with Crippen molar-refractivity contribution in [3.05, 3.63) is 35.4 Å². The van der Waals surface area contributed by atoms with Crippen molar-refractivity contribution < 1.29 is 19.1 Å². The van der Waals surface area contributed by atoms with Gasteiger partial charge in [0.05, 0.1) is 13.2 Å². The largest absolute Gasteiger partial charge is 0.449 e. The van der Waals surface area contributed by atoms with E-state index in [0.717, 1.165) is 5.56 Å². The van der Waals surface area contributed by atoms with Crippen LogP contribution in [0.4, 0.5) is 4.79 Å². The fourth-order valence-corrected chi connectivity index (χ4v) is 1.27. The molecule has 0 radical (unpaired) electrons. The first-order chi connectivity index (χ1) is 8.67. The number of carbonyl (C=O) groups is 2. The first-order valence-electron chi connectivity index (χ1n) is 5.48. The summed E-state index contributed by atoms with van der Waals surface area (Å²) in [5.41, 5.74) is 5.78. The molecule has 0 aliphatic heterocycles. The molecule has 0 bridgehead atoms. The molecule has 1 rings (SSSR count). The van der Waals surface area contributed by atoms with E-state index in [1.807, 2.05) is 0 Å². The average Bonchev–Trinajstić information content (AvgIpc) is 2.37. The zero-order valence-corrected chi connectivity index (χ0v) is 10.4. The molecule has 0 saturated heterocycles. The quantitative estimate of drug-likeness (QED) is 0.790. The Labute approximate surface area is 105 Å². The van der Waals surface area contributed by atoms with Gasteiger partial charge in [0.1, 0.15) is 0 Å². The zero-order valence-electron chi connectivity index (χ0n) is 10.4. The normalized spacial score (nSPS) is 9.67. The van der Waals surface area contributed by atoms with Gasteiger partial charge in [-0.25, -0.2) is 10.2 Å². The van der Waals surface area contributed by atoms with Crippen LogP contribution < -0.4 is 10.9 Å². The molecule has 98 valence electrons. The topological polar surface area (TPSA) is 76.7 Å². The lowest BCUT2D eigenvalue weighted by Crippen LogP contribution is -2.41. The molecule has 0 aliphatic rings. The van der Waals surface area contributed by atoms with Gasteiger partial charge in [-0.2, -0.15) is 0 Å². The van der Waals surface area contributed by atoms with Gasteiger partial charge in [0.2, 0.25) is 0 Å². The highest BCUT2D eigenvalue weighted by molar-refractivity contribution is 5.94. The predicted octanol–water partition coefficient (Wildman–Crippen LogP) is 1.22. The van der Waals surface area contributed by atoms with E-state index in [1.54, 1.807) is 38.3 Å². The van der Waals surface area contributed by atoms with Gasteiger partial charge < -0.3 is 9.47 Å². The van der Waals surface area contributed by atoms with E-state index in [-0.39, 0.29) is 6.61 Å². The fraction of sp³-hybridized carbons (Fsp3) is 0.333. The minimum absolute atomic E-state index is 0.243. The summed E-state index contributed by atoms with van der Waals surface area (Å²) in [6, 6.07) is 6.86. The molecule has 0 atom stereocenters. The number of hydrogen-bond acceptors (Lipinski definition) is 4. The van der Waals surface area contributed by atoms with Crippen molar-refractivity contribution in [2.75, 3.05) is 13.7 Å². The minimum atomic E-state index is -0.693. The van der Waals surface area contributed by atoms with Gasteiger partial charge in [0, 0.05) is 12.7 Å². The van der Waals surface area contributed by atoms with Crippen LogP contribution in [0.3, 0.4) is 0 Å². The van der Waals surface area contributed by atoms with E-state index < -0.39 is 12.0 Å². The molecule has 0 saturated carbocycles. The van der Waals surface area contributed by atoms with Crippen LogP contribution in [0.5, 0.6) is 0 Å². The van der Waals surface area contributed by atoms with Gasteiger partial charge in [-0.05, 0) is 24.6 Å². The third-order valence-electron chi connectivity index (χ3n) is 2.08. The molecule has 0 unspecified atom stereocenters. The summed E-state index contributed by atoms with van der Waals surface area (Å²) in [7, 11) is 1.60. The van der Waals surface area contributed by atoms with Crippen LogP contribution >= 0.6 is 0 Å². The highest BCUT2D eigenvalue weighted by Crippen LogP contribution is 2.05. The highest BCUT2D eigenvalue weighted by atomic mass is 16.6. The lowest BCUT2D eigenvalue weighted by Gasteiger charge is -2.07. The maximum atomic E-state index is 11.6. The third kappa shape index (κ3) is 4.42. The molecule has 0 fully saturated rings. The van der Waals surface area contributed by atoms with E-state index in [0.29, 0.717) is 12.2 Å². The molecule has 2 N–H and O–H groups in total. The van der Waals surface area contributed by atoms with Gasteiger partial charge in [0.15, 0.2) is 0 Å². The Hall–Kier alpha value is -2.08. The summed E-state index contributed by atoms with van der Waals surface area (Å²) in [4.78, 5) is 22.6. The van der Waals surface area contributed by atoms with Gasteiger partial charge in [-0.3, -0.25) is 10.2 Å². The Morgan fingerprint density at radius 2 is 1.83 bits per heavy atom. The summed E-state index contributed by atoms with van der Waals surface area (Å²) in [6.07, 6.45) is -0.693. The number of methoxy groups -OCH3 is 1. The van der Waals surface area contributed by atoms with Crippen LogP contribution in [0.1, 0.15) is 22.8 Å². The molecule has 0 aliphatic carbocycles. The van der Waals surface area contributed by atoms with E-state index in [1.165, 1.54) is 0 Å². The number of ether oxygens (including phenoxy) is 2. The van der Waals surface area contributed by atoms with Crippen LogP contribution in [0.15, 0.2) is 24.3 Å². The van der Waals surface area contributed by atoms with E-state index >= 15 is 0 Å². The van der Waals surface area contributed by atoms with Crippen molar-refractivity contribution in [1.82, 2.24) is 10.9 Å². The second-order valence-electron chi connectivity index (χ2n) is 3.43. The number of hydrazine groups is 1. The zero-order chi connectivity index (χ0) is 13.4. The average molecular weight is 252 g/mol. The van der Waals surface area contributed by atoms with Crippen molar-refractivity contribution in [3.63, 3.8) is 0 Å². The molecule has 0 spiro atoms. The van der Waals surface area contributed by atoms with Gasteiger partial charge >= 0.3 is 6.09 Å². The Bertz CT molecular complexity index is 403. The first-order valence-corrected chi connectivity index (χ1v) is 5.48. The number of hydrogen-bond donors (Lipinski definition) is 2. The SMILES string of the molecule is CCOC(=O)NNC(=O)c1ccc(COC)cc1. The lowest BCUT2D eigenvalue weighted by atomic mass is 10.1. The smallest absolute Gasteiger partial charge is 0.426 e. The first kappa shape index (κ1) is 14.0. The van der Waals surface area contributed by atoms with Crippen molar-refractivity contribution >= 4 is 12.0 Å². The van der Waals surface area contributed by atoms with Crippen LogP contribution in [0.2, 0.25) is 0 Å². The lowest BCUT2D eigenvalue weighted by molar-refractivity contribution is 0.0912. The summed E-state index contributed by atoms with van der Waals surface area (Å²) >= 11 is 0. The second kappa shape index (κ2) is 7.29. The molecule has 1 aromatic rings. The van der Waals surface area contributed by atoms with Gasteiger partial charge in [0.25, 0.3) is 5.91 Å². The van der Waals surface area contributed by atoms with Gasteiger partial charge in [-0.1, -0.05) is 12.1 Å². The maximum absolute atomic E-state index is 11.6. The molecule has 6 nitrogen and oxygen atoms in total. The number of benzene rings is 1. The van der Waals surface area contributed by atoms with Crippen LogP contribution in [0.25, 0.3) is 0 Å². The molecule has 2 amide bonds. The summed E-state index contributed by atoms with van der Waals surface area (Å²) in [5.74, 6) is -0.410. The molecular formula is C12H16N2O4. The van der Waals surface area contributed by atoms with Crippen molar-refractivity contribution in [2.45, 2.75) is 13.5 Å². The Morgan fingerprint density at radius 1 is 1.17 bits per heavy atom. The molecule has 0 aromatic heterocycles. The Morgan fingerprint density at radius 3 is 2.39 bits per heavy atom. The van der Waals surface area contributed by atoms with Crippen LogP contribution in [0, 0.1) is 0 Å². The standard InChI is InChI=1S/C12H16N2O4/c1-3-18-12(16)14-13-11(15)10-6-4-9(5-7-10)8-17-2/h4-7H,3,8H2,1-2H3,(H,13,15)(H,14,16). The highest BCUT2D eigenvalue weighted by Gasteiger charge is 2.07. The number of rotatable bonds is 4. The van der Waals surface area contributed by atoms with E-state index in [2.05, 4.69) is 15.6 Å². The van der Waals surface area contributed by atoms with E-state index in [9.17, 15) is 9.59 Å². The number of amides is 2. The van der Waals surface area contributed by atoms with Crippen molar-refractivity contribution in [3.8, 4) is 0 Å². The molecular weight excluding hydrogens is 236 g/mol. The Balaban J connectivity index is 2.48. The van der Waals surface area contributed by atoms with Gasteiger partial charge in [-0.15, -0.1) is 0 Å². The molecule has 1 aromatic carbocycles. The summed E-state index contributed by atoms with van der Waals surface area (Å²) < 4.78 is 9.56. The molecule has 18 heavy (non-hydrogen) atoms. The minimum Gasteiger partial charge on any atom is -0.449 e. The van der Waals surface area contributed by atoms with E-state index in [4.69, 9.17) is 4.74 Å². The van der Waals surface area contributed by atoms with Crippen LogP contribution in [-0.4, -0.2) is 25.7 Å². The van der Waals surface area contributed by atoms with Crippen molar-refractivity contribution in [2.24, 2.45) is 0 Å². The van der Waals surface area contributed by atoms with Crippen LogP contribution in [-0.2, 0) is 16.1 Å². The number of carbonyl (C=O) groups excluding carboxylic acids is 2. The second-order valence-corrected chi connectivity index (χ2v) is 3.43.